The van der Waals surface area contributed by atoms with Gasteiger partial charge in [0.1, 0.15) is 0 Å². The quantitative estimate of drug-likeness (QED) is 0.721. The second-order valence-electron chi connectivity index (χ2n) is 5.57. The average molecular weight is 333 g/mol. The second kappa shape index (κ2) is 6.79. The van der Waals surface area contributed by atoms with E-state index < -0.39 is 5.91 Å². The first-order chi connectivity index (χ1) is 11.5. The molecule has 3 N–H and O–H groups in total. The summed E-state index contributed by atoms with van der Waals surface area (Å²) in [4.78, 5) is 28.4. The van der Waals surface area contributed by atoms with Crippen molar-refractivity contribution in [3.8, 4) is 0 Å². The Morgan fingerprint density at radius 1 is 1.42 bits per heavy atom. The molecule has 2 amide bonds. The molecule has 0 atom stereocenters. The van der Waals surface area contributed by atoms with Crippen molar-refractivity contribution >= 4 is 11.8 Å². The van der Waals surface area contributed by atoms with Crippen molar-refractivity contribution in [3.05, 3.63) is 29.2 Å². The van der Waals surface area contributed by atoms with Gasteiger partial charge in [-0.15, -0.1) is 0 Å². The molecule has 2 aromatic heterocycles. The first-order valence-electron chi connectivity index (χ1n) is 7.72. The summed E-state index contributed by atoms with van der Waals surface area (Å²) in [5.41, 5.74) is 6.99. The summed E-state index contributed by atoms with van der Waals surface area (Å²) in [7, 11) is 0. The van der Waals surface area contributed by atoms with Gasteiger partial charge in [-0.2, -0.15) is 10.1 Å². The maximum absolute atomic E-state index is 11.3. The smallest absolute Gasteiger partial charge is 0.290 e. The summed E-state index contributed by atoms with van der Waals surface area (Å²) >= 11 is 0. The molecule has 0 aliphatic carbocycles. The number of aromatic nitrogens is 4. The highest BCUT2D eigenvalue weighted by molar-refractivity contribution is 5.88. The van der Waals surface area contributed by atoms with Crippen molar-refractivity contribution in [1.82, 2.24) is 30.1 Å². The average Bonchev–Trinajstić information content (AvgIpc) is 3.18. The number of primary amides is 1. The minimum absolute atomic E-state index is 0.00393. The maximum Gasteiger partial charge on any atom is 0.290 e. The van der Waals surface area contributed by atoms with Crippen LogP contribution in [-0.2, 0) is 31.0 Å². The van der Waals surface area contributed by atoms with E-state index in [1.165, 1.54) is 0 Å². The number of amides is 2. The van der Waals surface area contributed by atoms with Crippen molar-refractivity contribution in [2.75, 3.05) is 6.54 Å². The fourth-order valence-corrected chi connectivity index (χ4v) is 2.53. The van der Waals surface area contributed by atoms with Gasteiger partial charge in [-0.3, -0.25) is 19.2 Å². The molecule has 1 aliphatic rings. The second-order valence-corrected chi connectivity index (χ2v) is 5.57. The molecular formula is C14H19N7O3. The molecule has 0 bridgehead atoms. The molecule has 0 radical (unpaired) electrons. The standard InChI is InChI=1S/C14H19N7O3/c1-2-11(22)16-6-9-5-10-7-20(3-4-21(10)18-9)8-12-17-14(13(15)23)19-24-12/h5H,2-4,6-8H2,1H3,(H2,15,23)(H,16,22). The van der Waals surface area contributed by atoms with Gasteiger partial charge in [0, 0.05) is 19.5 Å². The summed E-state index contributed by atoms with van der Waals surface area (Å²) in [6.45, 7) is 4.85. The highest BCUT2D eigenvalue weighted by Gasteiger charge is 2.21. The third-order valence-corrected chi connectivity index (χ3v) is 3.76. The van der Waals surface area contributed by atoms with Crippen LogP contribution in [0, 0.1) is 0 Å². The third-order valence-electron chi connectivity index (χ3n) is 3.76. The molecule has 0 aromatic carbocycles. The third kappa shape index (κ3) is 3.59. The van der Waals surface area contributed by atoms with Crippen molar-refractivity contribution < 1.29 is 14.1 Å². The number of fused-ring (bicyclic) bond motifs is 1. The molecule has 2 aromatic rings. The van der Waals surface area contributed by atoms with Gasteiger partial charge in [0.2, 0.25) is 11.8 Å². The zero-order valence-corrected chi connectivity index (χ0v) is 13.4. The number of nitrogens with one attached hydrogen (secondary N) is 1. The number of hydrogen-bond acceptors (Lipinski definition) is 7. The number of carbonyl (C=O) groups is 2. The van der Waals surface area contributed by atoms with E-state index in [4.69, 9.17) is 10.3 Å². The molecule has 0 saturated carbocycles. The van der Waals surface area contributed by atoms with Crippen LogP contribution in [-0.4, -0.2) is 43.2 Å². The molecule has 0 saturated heterocycles. The van der Waals surface area contributed by atoms with Crippen LogP contribution >= 0.6 is 0 Å². The van der Waals surface area contributed by atoms with E-state index >= 15 is 0 Å². The summed E-state index contributed by atoms with van der Waals surface area (Å²) in [5, 5.41) is 10.8. The monoisotopic (exact) mass is 333 g/mol. The van der Waals surface area contributed by atoms with Gasteiger partial charge in [0.25, 0.3) is 11.7 Å². The van der Waals surface area contributed by atoms with E-state index in [2.05, 4.69) is 25.5 Å². The van der Waals surface area contributed by atoms with E-state index in [0.29, 0.717) is 31.9 Å². The van der Waals surface area contributed by atoms with Crippen molar-refractivity contribution in [2.24, 2.45) is 5.73 Å². The predicted octanol–water partition coefficient (Wildman–Crippen LogP) is -0.593. The zero-order chi connectivity index (χ0) is 17.1. The predicted molar refractivity (Wildman–Crippen MR) is 81.3 cm³/mol. The topological polar surface area (TPSA) is 132 Å². The highest BCUT2D eigenvalue weighted by Crippen LogP contribution is 2.15. The lowest BCUT2D eigenvalue weighted by Gasteiger charge is -2.25. The van der Waals surface area contributed by atoms with Gasteiger partial charge in [-0.25, -0.2) is 0 Å². The van der Waals surface area contributed by atoms with Crippen LogP contribution in [0.2, 0.25) is 0 Å². The molecule has 3 rings (SSSR count). The molecule has 1 aliphatic heterocycles. The van der Waals surface area contributed by atoms with Gasteiger partial charge in [-0.1, -0.05) is 12.1 Å². The summed E-state index contributed by atoms with van der Waals surface area (Å²) < 4.78 is 6.96. The maximum atomic E-state index is 11.3. The Labute approximate surface area is 138 Å². The van der Waals surface area contributed by atoms with E-state index in [-0.39, 0.29) is 11.7 Å². The van der Waals surface area contributed by atoms with Gasteiger partial charge in [0.15, 0.2) is 0 Å². The first kappa shape index (κ1) is 16.1. The Balaban J connectivity index is 1.60. The molecule has 10 heteroatoms. The number of nitrogens with two attached hydrogens (primary N) is 1. The van der Waals surface area contributed by atoms with Crippen LogP contribution in [0.25, 0.3) is 0 Å². The van der Waals surface area contributed by atoms with Crippen molar-refractivity contribution in [1.29, 1.82) is 0 Å². The number of nitrogens with zero attached hydrogens (tertiary/aromatic N) is 5. The van der Waals surface area contributed by atoms with E-state index in [9.17, 15) is 9.59 Å². The number of rotatable bonds is 6. The van der Waals surface area contributed by atoms with E-state index in [1.807, 2.05) is 17.7 Å². The molecular weight excluding hydrogens is 314 g/mol. The van der Waals surface area contributed by atoms with Crippen LogP contribution < -0.4 is 11.1 Å². The van der Waals surface area contributed by atoms with Gasteiger partial charge in [-0.05, 0) is 6.07 Å². The molecule has 0 unspecified atom stereocenters. The molecule has 0 spiro atoms. The first-order valence-corrected chi connectivity index (χ1v) is 7.72. The fourth-order valence-electron chi connectivity index (χ4n) is 2.53. The molecule has 10 nitrogen and oxygen atoms in total. The number of carbonyl (C=O) groups excluding carboxylic acids is 2. The largest absolute Gasteiger partial charge is 0.363 e. The van der Waals surface area contributed by atoms with Crippen LogP contribution in [0.3, 0.4) is 0 Å². The molecule has 128 valence electrons. The van der Waals surface area contributed by atoms with Gasteiger partial charge in [0.05, 0.1) is 31.0 Å². The SMILES string of the molecule is CCC(=O)NCc1cc2n(n1)CCN(Cc1nc(C(N)=O)no1)C2. The fraction of sp³-hybridized carbons (Fsp3) is 0.500. The summed E-state index contributed by atoms with van der Waals surface area (Å²) in [6.07, 6.45) is 0.457. The van der Waals surface area contributed by atoms with Crippen LogP contribution in [0.4, 0.5) is 0 Å². The van der Waals surface area contributed by atoms with E-state index in [1.54, 1.807) is 0 Å². The van der Waals surface area contributed by atoms with Gasteiger partial charge >= 0.3 is 0 Å². The van der Waals surface area contributed by atoms with E-state index in [0.717, 1.165) is 24.5 Å². The summed E-state index contributed by atoms with van der Waals surface area (Å²) in [5.74, 6) is -0.460. The highest BCUT2D eigenvalue weighted by atomic mass is 16.5. The van der Waals surface area contributed by atoms with Crippen LogP contribution in [0.1, 0.15) is 41.2 Å². The Kier molecular flexibility index (Phi) is 4.56. The summed E-state index contributed by atoms with van der Waals surface area (Å²) in [6, 6.07) is 1.98. The Bertz CT molecular complexity index is 751. The molecule has 24 heavy (non-hydrogen) atoms. The van der Waals surface area contributed by atoms with Crippen LogP contribution in [0.5, 0.6) is 0 Å². The molecule has 3 heterocycles. The van der Waals surface area contributed by atoms with Crippen molar-refractivity contribution in [3.63, 3.8) is 0 Å². The normalized spacial score (nSPS) is 14.4. The minimum Gasteiger partial charge on any atom is -0.363 e. The van der Waals surface area contributed by atoms with Crippen LogP contribution in [0.15, 0.2) is 10.6 Å². The van der Waals surface area contributed by atoms with Gasteiger partial charge < -0.3 is 15.6 Å². The lowest BCUT2D eigenvalue weighted by atomic mass is 10.2. The minimum atomic E-state index is -0.708. The number of hydrogen-bond donors (Lipinski definition) is 2. The Morgan fingerprint density at radius 2 is 2.25 bits per heavy atom. The zero-order valence-electron chi connectivity index (χ0n) is 13.4. The lowest BCUT2D eigenvalue weighted by molar-refractivity contribution is -0.120. The molecule has 0 fully saturated rings. The van der Waals surface area contributed by atoms with Crippen molar-refractivity contribution in [2.45, 2.75) is 39.5 Å². The lowest BCUT2D eigenvalue weighted by Crippen LogP contribution is -2.33. The Hall–Kier alpha value is -2.75. The Morgan fingerprint density at radius 3 is 2.96 bits per heavy atom.